The van der Waals surface area contributed by atoms with Gasteiger partial charge in [0.15, 0.2) is 5.65 Å². The van der Waals surface area contributed by atoms with E-state index >= 15 is 0 Å². The number of hydrogen-bond acceptors (Lipinski definition) is 11. The number of thiazole rings is 1. The van der Waals surface area contributed by atoms with Crippen molar-refractivity contribution in [1.29, 1.82) is 0 Å². The minimum Gasteiger partial charge on any atom is -0.391 e. The Morgan fingerprint density at radius 1 is 0.849 bits per heavy atom. The van der Waals surface area contributed by atoms with E-state index in [1.54, 1.807) is 45.8 Å². The zero-order valence-corrected chi connectivity index (χ0v) is 42.7. The maximum atomic E-state index is 14.0. The zero-order chi connectivity index (χ0) is 52.3. The van der Waals surface area contributed by atoms with Crippen LogP contribution in [0.3, 0.4) is 0 Å². The van der Waals surface area contributed by atoms with E-state index in [0.29, 0.717) is 61.9 Å². The number of aromatic nitrogens is 4. The molecular weight excluding hydrogens is 966 g/mol. The van der Waals surface area contributed by atoms with Crippen LogP contribution >= 0.6 is 11.3 Å². The normalized spacial score (nSPS) is 15.5. The summed E-state index contributed by atoms with van der Waals surface area (Å²) >= 11 is 1.57. The van der Waals surface area contributed by atoms with Crippen molar-refractivity contribution in [2.24, 2.45) is 12.5 Å². The van der Waals surface area contributed by atoms with E-state index in [2.05, 4.69) is 26.0 Å². The first kappa shape index (κ1) is 54.6. The van der Waals surface area contributed by atoms with Crippen LogP contribution in [-0.4, -0.2) is 124 Å². The molecule has 0 saturated carbocycles. The van der Waals surface area contributed by atoms with Crippen molar-refractivity contribution < 1.29 is 51.7 Å². The van der Waals surface area contributed by atoms with Gasteiger partial charge >= 0.3 is 6.18 Å². The van der Waals surface area contributed by atoms with E-state index in [1.807, 2.05) is 63.7 Å². The molecule has 392 valence electrons. The number of nitrogens with one attached hydrogen (secondary N) is 3. The van der Waals surface area contributed by atoms with Gasteiger partial charge in [0.05, 0.1) is 66.3 Å². The monoisotopic (exact) mass is 1030 g/mol. The van der Waals surface area contributed by atoms with E-state index in [0.717, 1.165) is 63.9 Å². The molecule has 16 nitrogen and oxygen atoms in total. The summed E-state index contributed by atoms with van der Waals surface area (Å²) in [6.45, 7) is 10.4. The summed E-state index contributed by atoms with van der Waals surface area (Å²) in [5, 5.41) is 25.3. The second-order valence-electron chi connectivity index (χ2n) is 19.4. The Kier molecular flexibility index (Phi) is 18.5. The Labute approximate surface area is 426 Å². The van der Waals surface area contributed by atoms with E-state index in [9.17, 15) is 37.5 Å². The second kappa shape index (κ2) is 24.7. The van der Waals surface area contributed by atoms with E-state index in [-0.39, 0.29) is 56.8 Å². The van der Waals surface area contributed by atoms with Crippen LogP contribution < -0.4 is 16.0 Å². The van der Waals surface area contributed by atoms with Gasteiger partial charge in [-0.1, -0.05) is 57.9 Å². The number of rotatable bonds is 24. The number of halogens is 3. The van der Waals surface area contributed by atoms with Gasteiger partial charge in [0.2, 0.25) is 17.7 Å². The van der Waals surface area contributed by atoms with Crippen molar-refractivity contribution >= 4 is 56.9 Å². The number of ether oxygens (including phenoxy) is 3. The molecule has 1 aliphatic rings. The highest BCUT2D eigenvalue weighted by molar-refractivity contribution is 7.13. The smallest absolute Gasteiger partial charge is 0.391 e. The third-order valence-electron chi connectivity index (χ3n) is 12.7. The molecule has 4 amide bonds. The SMILES string of the molecule is Cc1ncsc1-c1ccc(CNC(=O)C2C[C@@H](O)CN2C(=O)[C@@H](NC(=O)CCCCCCOCCOCCOCCNC(=O)c2ccc3c(c2)c2cn(C)nc2n3-c2ccc(C(F)(F)F)cc2)C(C)(C)C)cc1. The number of nitrogens with zero attached hydrogens (tertiary/aromatic N) is 5. The number of alkyl halides is 3. The van der Waals surface area contributed by atoms with Crippen molar-refractivity contribution in [2.75, 3.05) is 52.7 Å². The second-order valence-corrected chi connectivity index (χ2v) is 20.2. The molecule has 4 heterocycles. The van der Waals surface area contributed by atoms with Crippen molar-refractivity contribution in [1.82, 2.24) is 40.2 Å². The molecular formula is C53H65F3N8O8S. The number of carbonyl (C=O) groups excluding carboxylic acids is 4. The molecule has 0 bridgehead atoms. The minimum absolute atomic E-state index is 0.00767. The van der Waals surface area contributed by atoms with Gasteiger partial charge in [-0.3, -0.25) is 28.4 Å². The predicted octanol–water partition coefficient (Wildman–Crippen LogP) is 7.51. The standard InChI is InChI=1S/C53H65F3N8O8S/c1-34-46(73-33-59-34)36-13-11-35(12-14-36)30-58-50(68)44-29-40(65)31-63(44)51(69)47(52(2,3)4)60-45(66)10-8-6-7-9-22-70-24-26-72-27-25-71-23-21-57-49(67)37-15-20-43-41(28-37)42-32-62(5)61-48(42)64(43)39-18-16-38(17-19-39)53(54,55)56/h11-20,28,32-33,40,44,47,65H,6-10,21-27,29-31H2,1-5H3,(H,57,67)(H,58,68)(H,60,66)/t40-,44?,47-/m1/s1. The average Bonchev–Trinajstić information content (AvgIpc) is 4.14. The molecule has 6 aromatic rings. The molecule has 1 aliphatic heterocycles. The molecule has 1 saturated heterocycles. The highest BCUT2D eigenvalue weighted by Gasteiger charge is 2.44. The molecule has 0 spiro atoms. The molecule has 1 fully saturated rings. The summed E-state index contributed by atoms with van der Waals surface area (Å²) in [6, 6.07) is 16.2. The summed E-state index contributed by atoms with van der Waals surface area (Å²) < 4.78 is 59.9. The number of carbonyl (C=O) groups is 4. The average molecular weight is 1030 g/mol. The first-order valence-electron chi connectivity index (χ1n) is 24.6. The lowest BCUT2D eigenvalue weighted by molar-refractivity contribution is -0.144. The summed E-state index contributed by atoms with van der Waals surface area (Å²) in [6.07, 6.45) is -0.0114. The number of β-amino-alcohol motifs (C(OH)–C–C–N with tert-alkyl or cyclic N) is 1. The molecule has 3 aromatic carbocycles. The van der Waals surface area contributed by atoms with Gasteiger partial charge in [0.25, 0.3) is 5.91 Å². The Morgan fingerprint density at radius 2 is 1.53 bits per heavy atom. The van der Waals surface area contributed by atoms with Gasteiger partial charge in [0.1, 0.15) is 12.1 Å². The van der Waals surface area contributed by atoms with Crippen LogP contribution in [-0.2, 0) is 48.4 Å². The number of unbranched alkanes of at least 4 members (excludes halogenated alkanes) is 3. The van der Waals surface area contributed by atoms with Crippen molar-refractivity contribution in [3.8, 4) is 16.1 Å². The van der Waals surface area contributed by atoms with Gasteiger partial charge < -0.3 is 40.2 Å². The quantitative estimate of drug-likeness (QED) is 0.0442. The topological polar surface area (TPSA) is 191 Å². The Bertz CT molecular complexity index is 2820. The van der Waals surface area contributed by atoms with E-state index in [4.69, 9.17) is 14.2 Å². The maximum absolute atomic E-state index is 14.0. The van der Waals surface area contributed by atoms with Crippen molar-refractivity contribution in [3.63, 3.8) is 0 Å². The fourth-order valence-corrected chi connectivity index (χ4v) is 9.64. The number of likely N-dealkylation sites (tertiary alicyclic amines) is 1. The fraction of sp³-hybridized carbons (Fsp3) is 0.472. The number of aryl methyl sites for hydroxylation is 2. The van der Waals surface area contributed by atoms with Crippen LogP contribution in [0.2, 0.25) is 0 Å². The zero-order valence-electron chi connectivity index (χ0n) is 41.9. The number of hydrogen-bond donors (Lipinski definition) is 4. The Hall–Kier alpha value is -6.19. The van der Waals surface area contributed by atoms with Gasteiger partial charge in [-0.2, -0.15) is 18.3 Å². The van der Waals surface area contributed by atoms with Crippen LogP contribution in [0, 0.1) is 12.3 Å². The maximum Gasteiger partial charge on any atom is 0.416 e. The third-order valence-corrected chi connectivity index (χ3v) is 13.7. The number of benzene rings is 3. The largest absolute Gasteiger partial charge is 0.416 e. The number of fused-ring (bicyclic) bond motifs is 3. The van der Waals surface area contributed by atoms with Gasteiger partial charge in [-0.05, 0) is 78.8 Å². The van der Waals surface area contributed by atoms with Crippen molar-refractivity contribution in [2.45, 2.75) is 97.1 Å². The number of aliphatic hydroxyl groups excluding tert-OH is 1. The fourth-order valence-electron chi connectivity index (χ4n) is 8.83. The Morgan fingerprint density at radius 3 is 2.21 bits per heavy atom. The third kappa shape index (κ3) is 14.3. The summed E-state index contributed by atoms with van der Waals surface area (Å²) in [4.78, 5) is 60.4. The molecule has 0 aliphatic carbocycles. The lowest BCUT2D eigenvalue weighted by atomic mass is 9.85. The lowest BCUT2D eigenvalue weighted by Crippen LogP contribution is -2.57. The molecule has 1 unspecified atom stereocenters. The minimum atomic E-state index is -4.45. The first-order chi connectivity index (χ1) is 34.9. The summed E-state index contributed by atoms with van der Waals surface area (Å²) in [7, 11) is 1.76. The molecule has 73 heavy (non-hydrogen) atoms. The van der Waals surface area contributed by atoms with Crippen LogP contribution in [0.15, 0.2) is 78.4 Å². The van der Waals surface area contributed by atoms with Gasteiger partial charge in [-0.15, -0.1) is 11.3 Å². The molecule has 3 aromatic heterocycles. The Balaban J connectivity index is 0.723. The molecule has 0 radical (unpaired) electrons. The molecule has 7 rings (SSSR count). The molecule has 4 N–H and O–H groups in total. The van der Waals surface area contributed by atoms with Gasteiger partial charge in [-0.25, -0.2) is 4.98 Å². The predicted molar refractivity (Wildman–Crippen MR) is 272 cm³/mol. The highest BCUT2D eigenvalue weighted by Crippen LogP contribution is 2.35. The first-order valence-corrected chi connectivity index (χ1v) is 25.5. The molecule has 3 atom stereocenters. The summed E-state index contributed by atoms with van der Waals surface area (Å²) in [5.74, 6) is -1.29. The van der Waals surface area contributed by atoms with Crippen LogP contribution in [0.4, 0.5) is 13.2 Å². The van der Waals surface area contributed by atoms with Crippen LogP contribution in [0.5, 0.6) is 0 Å². The van der Waals surface area contributed by atoms with Crippen LogP contribution in [0.1, 0.15) is 86.5 Å². The highest BCUT2D eigenvalue weighted by atomic mass is 32.1. The van der Waals surface area contributed by atoms with E-state index in [1.165, 1.54) is 17.0 Å². The van der Waals surface area contributed by atoms with Crippen molar-refractivity contribution in [3.05, 3.63) is 101 Å². The summed E-state index contributed by atoms with van der Waals surface area (Å²) in [5.41, 5.74) is 5.54. The lowest BCUT2D eigenvalue weighted by Gasteiger charge is -2.35. The van der Waals surface area contributed by atoms with Crippen LogP contribution in [0.25, 0.3) is 38.1 Å². The number of aliphatic hydroxyl groups is 1. The van der Waals surface area contributed by atoms with Gasteiger partial charge in [0, 0.05) is 74.4 Å². The molecule has 20 heteroatoms. The number of amides is 4. The van der Waals surface area contributed by atoms with E-state index < -0.39 is 41.2 Å².